The van der Waals surface area contributed by atoms with Gasteiger partial charge in [0.15, 0.2) is 15.7 Å². The van der Waals surface area contributed by atoms with Crippen molar-refractivity contribution in [2.24, 2.45) is 13.0 Å². The zero-order valence-electron chi connectivity index (χ0n) is 23.6. The van der Waals surface area contributed by atoms with Crippen LogP contribution in [0.2, 0.25) is 0 Å². The topological polar surface area (TPSA) is 151 Å². The summed E-state index contributed by atoms with van der Waals surface area (Å²) in [7, 11) is -5.77. The van der Waals surface area contributed by atoms with Crippen molar-refractivity contribution < 1.29 is 21.6 Å². The summed E-state index contributed by atoms with van der Waals surface area (Å²) in [5, 5.41) is 8.66. The predicted molar refractivity (Wildman–Crippen MR) is 159 cm³/mol. The lowest BCUT2D eigenvalue weighted by molar-refractivity contribution is 0.0552. The molecule has 0 radical (unpaired) electrons. The van der Waals surface area contributed by atoms with Crippen molar-refractivity contribution in [3.05, 3.63) is 60.0 Å². The largest absolute Gasteiger partial charge is 0.381 e. The van der Waals surface area contributed by atoms with Crippen molar-refractivity contribution in [1.29, 1.82) is 0 Å². The second kappa shape index (κ2) is 10.4. The highest BCUT2D eigenvalue weighted by atomic mass is 32.2. The monoisotopic (exact) mass is 609 g/mol. The van der Waals surface area contributed by atoms with E-state index in [2.05, 4.69) is 20.0 Å². The molecular formula is C28H31N7O5S2. The summed E-state index contributed by atoms with van der Waals surface area (Å²) in [6, 6.07) is 11.5. The Morgan fingerprint density at radius 3 is 2.36 bits per heavy atom. The van der Waals surface area contributed by atoms with Gasteiger partial charge in [0.05, 0.1) is 51.8 Å². The molecule has 1 atom stereocenters. The highest BCUT2D eigenvalue weighted by molar-refractivity contribution is 7.92. The van der Waals surface area contributed by atoms with Crippen molar-refractivity contribution >= 4 is 47.6 Å². The molecule has 5 heterocycles. The van der Waals surface area contributed by atoms with Gasteiger partial charge in [-0.3, -0.25) is 9.71 Å². The van der Waals surface area contributed by atoms with Gasteiger partial charge in [0.25, 0.3) is 0 Å². The fraction of sp³-hybridized carbons (Fsp3) is 0.357. The molecule has 0 bridgehead atoms. The molecule has 0 aliphatic carbocycles. The molecule has 1 fully saturated rings. The number of fused-ring (bicyclic) bond motifs is 3. The van der Waals surface area contributed by atoms with E-state index >= 15 is 0 Å². The fourth-order valence-corrected chi connectivity index (χ4v) is 7.31. The summed E-state index contributed by atoms with van der Waals surface area (Å²) in [5.74, 6) is 0.108. The molecule has 14 heteroatoms. The second-order valence-corrected chi connectivity index (χ2v) is 14.5. The number of aromatic nitrogens is 6. The number of sulfone groups is 1. The van der Waals surface area contributed by atoms with Gasteiger partial charge >= 0.3 is 0 Å². The van der Waals surface area contributed by atoms with Crippen LogP contribution in [-0.2, 0) is 31.6 Å². The Bertz CT molecular complexity index is 2010. The zero-order chi connectivity index (χ0) is 29.8. The lowest BCUT2D eigenvalue weighted by atomic mass is 9.86. The van der Waals surface area contributed by atoms with E-state index in [-0.39, 0.29) is 22.7 Å². The first-order chi connectivity index (χ1) is 19.9. The van der Waals surface area contributed by atoms with Gasteiger partial charge in [0.1, 0.15) is 4.90 Å². The van der Waals surface area contributed by atoms with E-state index in [1.165, 1.54) is 6.20 Å². The van der Waals surface area contributed by atoms with Gasteiger partial charge in [-0.2, -0.15) is 0 Å². The highest BCUT2D eigenvalue weighted by Crippen LogP contribution is 2.44. The summed E-state index contributed by atoms with van der Waals surface area (Å²) >= 11 is 0. The number of pyridine rings is 2. The van der Waals surface area contributed by atoms with Crippen LogP contribution in [0.4, 0.5) is 5.82 Å². The number of benzene rings is 1. The molecule has 6 rings (SSSR count). The van der Waals surface area contributed by atoms with Gasteiger partial charge in [0, 0.05) is 38.3 Å². The number of anilines is 1. The molecule has 0 spiro atoms. The SMILES string of the molecule is Cc1nnn(C)c1-c1cnc2c3c(NS(C)(=O)=O)ncc(S(C)(=O)=O)c3n([C@H](c3ccccc3)C3CCOCC3)c2c1. The number of aryl methyl sites for hydroxylation is 2. The summed E-state index contributed by atoms with van der Waals surface area (Å²) in [6.45, 7) is 3.02. The predicted octanol–water partition coefficient (Wildman–Crippen LogP) is 3.48. The number of ether oxygens (including phenoxy) is 1. The number of rotatable bonds is 7. The normalized spacial score (nSPS) is 15.8. The van der Waals surface area contributed by atoms with Crippen LogP contribution in [0.25, 0.3) is 33.2 Å². The van der Waals surface area contributed by atoms with E-state index < -0.39 is 19.9 Å². The van der Waals surface area contributed by atoms with Crippen LogP contribution in [-0.4, -0.2) is 72.1 Å². The average molecular weight is 610 g/mol. The minimum atomic E-state index is -3.81. The van der Waals surface area contributed by atoms with Gasteiger partial charge in [-0.05, 0) is 37.3 Å². The lowest BCUT2D eigenvalue weighted by Crippen LogP contribution is -2.27. The molecule has 5 aromatic rings. The fourth-order valence-electron chi connectivity index (χ4n) is 6.01. The first-order valence-electron chi connectivity index (χ1n) is 13.4. The lowest BCUT2D eigenvalue weighted by Gasteiger charge is -2.33. The Labute approximate surface area is 243 Å². The Morgan fingerprint density at radius 2 is 1.74 bits per heavy atom. The molecule has 1 aliphatic heterocycles. The van der Waals surface area contributed by atoms with E-state index in [1.807, 2.05) is 47.9 Å². The molecule has 4 aromatic heterocycles. The number of nitrogens with zero attached hydrogens (tertiary/aromatic N) is 6. The Hall–Kier alpha value is -3.88. The maximum absolute atomic E-state index is 13.3. The van der Waals surface area contributed by atoms with E-state index in [4.69, 9.17) is 9.72 Å². The Morgan fingerprint density at radius 1 is 1.02 bits per heavy atom. The summed E-state index contributed by atoms with van der Waals surface area (Å²) in [5.41, 5.74) is 4.61. The van der Waals surface area contributed by atoms with Gasteiger partial charge < -0.3 is 9.30 Å². The van der Waals surface area contributed by atoms with Gasteiger partial charge in [-0.15, -0.1) is 5.10 Å². The van der Waals surface area contributed by atoms with Gasteiger partial charge in [0.2, 0.25) is 10.0 Å². The molecule has 1 N–H and O–H groups in total. The molecule has 0 saturated carbocycles. The molecule has 1 aliphatic rings. The molecule has 0 amide bonds. The second-order valence-electron chi connectivity index (χ2n) is 10.8. The van der Waals surface area contributed by atoms with Crippen molar-refractivity contribution in [3.63, 3.8) is 0 Å². The molecule has 0 unspecified atom stereocenters. The Kier molecular flexibility index (Phi) is 7.02. The van der Waals surface area contributed by atoms with E-state index in [0.29, 0.717) is 40.8 Å². The Balaban J connectivity index is 1.81. The third-order valence-electron chi connectivity index (χ3n) is 7.70. The van der Waals surface area contributed by atoms with E-state index in [1.54, 1.807) is 17.9 Å². The van der Waals surface area contributed by atoms with Gasteiger partial charge in [-0.1, -0.05) is 35.5 Å². The third-order valence-corrected chi connectivity index (χ3v) is 9.37. The van der Waals surface area contributed by atoms with E-state index in [0.717, 1.165) is 42.2 Å². The summed E-state index contributed by atoms with van der Waals surface area (Å²) < 4.78 is 63.3. The minimum Gasteiger partial charge on any atom is -0.381 e. The maximum atomic E-state index is 13.3. The minimum absolute atomic E-state index is 0.0116. The number of sulfonamides is 1. The zero-order valence-corrected chi connectivity index (χ0v) is 25.3. The van der Waals surface area contributed by atoms with E-state index in [9.17, 15) is 16.8 Å². The van der Waals surface area contributed by atoms with Crippen LogP contribution in [0.15, 0.2) is 53.7 Å². The molecule has 220 valence electrons. The molecule has 12 nitrogen and oxygen atoms in total. The third kappa shape index (κ3) is 5.03. The van der Waals surface area contributed by atoms with Crippen LogP contribution >= 0.6 is 0 Å². The first kappa shape index (κ1) is 28.2. The van der Waals surface area contributed by atoms with Crippen molar-refractivity contribution in [2.75, 3.05) is 30.4 Å². The van der Waals surface area contributed by atoms with Gasteiger partial charge in [-0.25, -0.2) is 26.5 Å². The smallest absolute Gasteiger partial charge is 0.230 e. The quantitative estimate of drug-likeness (QED) is 0.292. The maximum Gasteiger partial charge on any atom is 0.230 e. The number of hydrogen-bond donors (Lipinski definition) is 1. The van der Waals surface area contributed by atoms with Crippen molar-refractivity contribution in [3.8, 4) is 11.3 Å². The molecule has 1 aromatic carbocycles. The molecular weight excluding hydrogens is 578 g/mol. The summed E-state index contributed by atoms with van der Waals surface area (Å²) in [4.78, 5) is 9.11. The first-order valence-corrected chi connectivity index (χ1v) is 17.2. The number of nitrogens with one attached hydrogen (secondary N) is 1. The standard InChI is InChI=1S/C28H31N7O5S2/c1-17-25(34(2)33-31-17)20-14-21-24(29-15-20)23-27(22(41(3,36)37)16-30-28(23)32-42(4,38)39)35(21)26(18-8-6-5-7-9-18)19-10-12-40-13-11-19/h5-9,14-16,19,26H,10-13H2,1-4H3,(H,30,32)/t26-/m1/s1. The van der Waals surface area contributed by atoms with Crippen LogP contribution in [0, 0.1) is 12.8 Å². The van der Waals surface area contributed by atoms with Crippen LogP contribution < -0.4 is 4.72 Å². The van der Waals surface area contributed by atoms with Crippen LogP contribution in [0.1, 0.15) is 30.1 Å². The average Bonchev–Trinajstić information content (AvgIpc) is 3.45. The molecule has 1 saturated heterocycles. The van der Waals surface area contributed by atoms with Crippen LogP contribution in [0.3, 0.4) is 0 Å². The van der Waals surface area contributed by atoms with Crippen molar-refractivity contribution in [2.45, 2.75) is 30.7 Å². The number of hydrogen-bond acceptors (Lipinski definition) is 9. The van der Waals surface area contributed by atoms with Crippen molar-refractivity contribution in [1.82, 2.24) is 29.5 Å². The van der Waals surface area contributed by atoms with Crippen LogP contribution in [0.5, 0.6) is 0 Å². The highest BCUT2D eigenvalue weighted by Gasteiger charge is 2.34. The summed E-state index contributed by atoms with van der Waals surface area (Å²) in [6.07, 6.45) is 6.57. The molecule has 42 heavy (non-hydrogen) atoms.